The molecule has 0 aliphatic heterocycles. The minimum atomic E-state index is 0.749. The fourth-order valence-corrected chi connectivity index (χ4v) is 4.47. The third-order valence-electron chi connectivity index (χ3n) is 5.13. The van der Waals surface area contributed by atoms with Gasteiger partial charge in [-0.15, -0.1) is 0 Å². The lowest BCUT2D eigenvalue weighted by Gasteiger charge is -2.31. The zero-order valence-corrected chi connectivity index (χ0v) is 11.0. The molecule has 0 radical (unpaired) electrons. The molecule has 0 heterocycles. The van der Waals surface area contributed by atoms with Crippen LogP contribution in [0.15, 0.2) is 24.3 Å². The second-order valence-electron chi connectivity index (χ2n) is 6.12. The molecule has 2 aliphatic carbocycles. The average Bonchev–Trinajstić information content (AvgIpc) is 2.96. The van der Waals surface area contributed by atoms with E-state index < -0.39 is 0 Å². The number of rotatable bonds is 4. The maximum atomic E-state index is 5.95. The Morgan fingerprint density at radius 2 is 2.00 bits per heavy atom. The van der Waals surface area contributed by atoms with Crippen molar-refractivity contribution in [2.24, 2.45) is 23.5 Å². The van der Waals surface area contributed by atoms with E-state index in [1.165, 1.54) is 37.7 Å². The van der Waals surface area contributed by atoms with Crippen molar-refractivity contribution in [3.63, 3.8) is 0 Å². The molecule has 0 amide bonds. The monoisotopic (exact) mass is 244 g/mol. The number of benzene rings is 1. The Bertz CT molecular complexity index is 415. The molecule has 2 fully saturated rings. The van der Waals surface area contributed by atoms with E-state index in [4.69, 9.17) is 11.5 Å². The minimum absolute atomic E-state index is 0.749. The number of nitrogen functional groups attached to an aromatic ring is 1. The van der Waals surface area contributed by atoms with Crippen molar-refractivity contribution >= 4 is 5.69 Å². The van der Waals surface area contributed by atoms with Crippen molar-refractivity contribution in [1.29, 1.82) is 0 Å². The van der Waals surface area contributed by atoms with Crippen molar-refractivity contribution in [1.82, 2.24) is 0 Å². The summed E-state index contributed by atoms with van der Waals surface area (Å²) >= 11 is 0. The molecule has 2 saturated carbocycles. The molecule has 0 spiro atoms. The zero-order valence-electron chi connectivity index (χ0n) is 11.0. The van der Waals surface area contributed by atoms with Gasteiger partial charge < -0.3 is 11.5 Å². The van der Waals surface area contributed by atoms with E-state index in [1.807, 2.05) is 6.07 Å². The van der Waals surface area contributed by atoms with Gasteiger partial charge in [0.15, 0.2) is 0 Å². The lowest BCUT2D eigenvalue weighted by Crippen LogP contribution is -2.21. The normalized spacial score (nSPS) is 34.1. The van der Waals surface area contributed by atoms with E-state index >= 15 is 0 Å². The molecule has 0 aromatic heterocycles. The Kier molecular flexibility index (Phi) is 3.29. The van der Waals surface area contributed by atoms with Crippen LogP contribution in [-0.2, 0) is 0 Å². The first-order chi connectivity index (χ1) is 8.79. The number of nitrogens with two attached hydrogens (primary N) is 2. The summed E-state index contributed by atoms with van der Waals surface area (Å²) in [6.07, 6.45) is 6.78. The fourth-order valence-electron chi connectivity index (χ4n) is 4.47. The van der Waals surface area contributed by atoms with Gasteiger partial charge >= 0.3 is 0 Å². The molecular weight excluding hydrogens is 220 g/mol. The first-order valence-corrected chi connectivity index (χ1v) is 7.35. The van der Waals surface area contributed by atoms with Crippen LogP contribution in [0.25, 0.3) is 0 Å². The van der Waals surface area contributed by atoms with Crippen LogP contribution in [0.2, 0.25) is 0 Å². The highest BCUT2D eigenvalue weighted by atomic mass is 14.6. The Morgan fingerprint density at radius 1 is 1.17 bits per heavy atom. The summed E-state index contributed by atoms with van der Waals surface area (Å²) in [6, 6.07) is 8.57. The molecule has 2 aliphatic rings. The topological polar surface area (TPSA) is 52.0 Å². The van der Waals surface area contributed by atoms with Crippen LogP contribution in [0, 0.1) is 17.8 Å². The van der Waals surface area contributed by atoms with Gasteiger partial charge in [-0.05, 0) is 80.0 Å². The molecular formula is C16H24N2. The molecule has 98 valence electrons. The van der Waals surface area contributed by atoms with Gasteiger partial charge in [0.1, 0.15) is 0 Å². The van der Waals surface area contributed by atoms with E-state index in [9.17, 15) is 0 Å². The highest BCUT2D eigenvalue weighted by Crippen LogP contribution is 2.58. The van der Waals surface area contributed by atoms with Crippen molar-refractivity contribution in [2.75, 3.05) is 12.3 Å². The van der Waals surface area contributed by atoms with Crippen LogP contribution in [0.5, 0.6) is 0 Å². The summed E-state index contributed by atoms with van der Waals surface area (Å²) in [7, 11) is 0. The highest BCUT2D eigenvalue weighted by Gasteiger charge is 2.47. The fraction of sp³-hybridized carbons (Fsp3) is 0.625. The predicted molar refractivity (Wildman–Crippen MR) is 76.2 cm³/mol. The molecule has 18 heavy (non-hydrogen) atoms. The van der Waals surface area contributed by atoms with Crippen LogP contribution in [0.1, 0.15) is 43.6 Å². The molecule has 4 unspecified atom stereocenters. The second-order valence-corrected chi connectivity index (χ2v) is 6.12. The minimum Gasteiger partial charge on any atom is -0.399 e. The van der Waals surface area contributed by atoms with Crippen molar-refractivity contribution in [2.45, 2.75) is 38.0 Å². The second kappa shape index (κ2) is 4.93. The Balaban J connectivity index is 1.84. The van der Waals surface area contributed by atoms with E-state index in [-0.39, 0.29) is 0 Å². The molecule has 2 bridgehead atoms. The van der Waals surface area contributed by atoms with Crippen molar-refractivity contribution in [3.05, 3.63) is 29.8 Å². The van der Waals surface area contributed by atoms with Crippen LogP contribution in [-0.4, -0.2) is 6.54 Å². The van der Waals surface area contributed by atoms with Crippen LogP contribution in [0.4, 0.5) is 5.69 Å². The molecule has 1 aromatic rings. The summed E-state index contributed by atoms with van der Waals surface area (Å²) < 4.78 is 0. The smallest absolute Gasteiger partial charge is 0.0316 e. The third kappa shape index (κ3) is 2.03. The summed E-state index contributed by atoms with van der Waals surface area (Å²) in [5.41, 5.74) is 14.0. The predicted octanol–water partition coefficient (Wildman–Crippen LogP) is 3.14. The Labute approximate surface area is 110 Å². The summed E-state index contributed by atoms with van der Waals surface area (Å²) in [5, 5.41) is 0. The first-order valence-electron chi connectivity index (χ1n) is 7.35. The Morgan fingerprint density at radius 3 is 2.78 bits per heavy atom. The lowest BCUT2D eigenvalue weighted by molar-refractivity contribution is 0.268. The average molecular weight is 244 g/mol. The van der Waals surface area contributed by atoms with Gasteiger partial charge in [0.05, 0.1) is 0 Å². The summed E-state index contributed by atoms with van der Waals surface area (Å²) in [6.45, 7) is 0.831. The molecule has 2 heteroatoms. The van der Waals surface area contributed by atoms with E-state index in [2.05, 4.69) is 18.2 Å². The number of fused-ring (bicyclic) bond motifs is 2. The molecule has 4 N–H and O–H groups in total. The van der Waals surface area contributed by atoms with Gasteiger partial charge in [0.25, 0.3) is 0 Å². The maximum absolute atomic E-state index is 5.95. The van der Waals surface area contributed by atoms with Gasteiger partial charge in [0.2, 0.25) is 0 Å². The first kappa shape index (κ1) is 12.0. The van der Waals surface area contributed by atoms with Gasteiger partial charge in [-0.1, -0.05) is 12.1 Å². The van der Waals surface area contributed by atoms with Crippen molar-refractivity contribution in [3.8, 4) is 0 Å². The number of anilines is 1. The molecule has 0 saturated heterocycles. The SMILES string of the molecule is NCCCC1C2CCC(C2)C1c1cccc(N)c1. The molecule has 2 nitrogen and oxygen atoms in total. The highest BCUT2D eigenvalue weighted by molar-refractivity contribution is 5.42. The molecule has 4 atom stereocenters. The molecule has 1 aromatic carbocycles. The van der Waals surface area contributed by atoms with E-state index in [0.29, 0.717) is 0 Å². The van der Waals surface area contributed by atoms with Gasteiger partial charge in [-0.25, -0.2) is 0 Å². The number of hydrogen-bond acceptors (Lipinski definition) is 2. The van der Waals surface area contributed by atoms with Gasteiger partial charge in [0, 0.05) is 5.69 Å². The largest absolute Gasteiger partial charge is 0.399 e. The lowest BCUT2D eigenvalue weighted by atomic mass is 9.73. The standard InChI is InChI=1S/C16H24N2/c17-8-2-5-15-11-6-7-13(9-11)16(15)12-3-1-4-14(18)10-12/h1,3-4,10-11,13,15-16H,2,5-9,17-18H2. The van der Waals surface area contributed by atoms with Gasteiger partial charge in [-0.2, -0.15) is 0 Å². The molecule has 3 rings (SSSR count). The Hall–Kier alpha value is -1.02. The quantitative estimate of drug-likeness (QED) is 0.799. The third-order valence-corrected chi connectivity index (χ3v) is 5.13. The zero-order chi connectivity index (χ0) is 12.5. The summed E-state index contributed by atoms with van der Waals surface area (Å²) in [5.74, 6) is 3.46. The van der Waals surface area contributed by atoms with Crippen molar-refractivity contribution < 1.29 is 0 Å². The van der Waals surface area contributed by atoms with Crippen LogP contribution in [0.3, 0.4) is 0 Å². The maximum Gasteiger partial charge on any atom is 0.0316 e. The van der Waals surface area contributed by atoms with E-state index in [1.54, 1.807) is 0 Å². The summed E-state index contributed by atoms with van der Waals surface area (Å²) in [4.78, 5) is 0. The number of hydrogen-bond donors (Lipinski definition) is 2. The van der Waals surface area contributed by atoms with Crippen LogP contribution >= 0.6 is 0 Å². The van der Waals surface area contributed by atoms with Crippen LogP contribution < -0.4 is 11.5 Å². The van der Waals surface area contributed by atoms with E-state index in [0.717, 1.165) is 35.9 Å². The van der Waals surface area contributed by atoms with Gasteiger partial charge in [-0.3, -0.25) is 0 Å².